The Labute approximate surface area is 189 Å². The van der Waals surface area contributed by atoms with Crippen molar-refractivity contribution in [2.45, 2.75) is 33.2 Å². The third-order valence-corrected chi connectivity index (χ3v) is 6.24. The van der Waals surface area contributed by atoms with Gasteiger partial charge in [0.15, 0.2) is 5.65 Å². The molecule has 0 aliphatic carbocycles. The first-order chi connectivity index (χ1) is 15.8. The highest BCUT2D eigenvalue weighted by Gasteiger charge is 2.18. The molecule has 0 amide bonds. The largest absolute Gasteiger partial charge is 0.351 e. The summed E-state index contributed by atoms with van der Waals surface area (Å²) < 4.78 is 1.96. The summed E-state index contributed by atoms with van der Waals surface area (Å²) in [5, 5.41) is 4.96. The minimum Gasteiger partial charge on any atom is -0.351 e. The van der Waals surface area contributed by atoms with Gasteiger partial charge < -0.3 is 9.80 Å². The van der Waals surface area contributed by atoms with Crippen LogP contribution in [0.5, 0.6) is 0 Å². The van der Waals surface area contributed by atoms with Gasteiger partial charge in [-0.05, 0) is 56.5 Å². The Morgan fingerprint density at radius 1 is 1.00 bits per heavy atom. The van der Waals surface area contributed by atoms with Crippen molar-refractivity contribution in [3.8, 4) is 11.3 Å². The monoisotopic (exact) mass is 423 g/mol. The fraction of sp³-hybridized carbons (Fsp3) is 0.259. The molecule has 4 aromatic rings. The van der Waals surface area contributed by atoms with Crippen molar-refractivity contribution in [2.75, 3.05) is 22.9 Å². The molecule has 0 atom stereocenters. The van der Waals surface area contributed by atoms with Crippen molar-refractivity contribution in [1.29, 1.82) is 0 Å². The molecule has 2 aromatic carbocycles. The molecule has 0 radical (unpaired) electrons. The summed E-state index contributed by atoms with van der Waals surface area (Å²) in [5.41, 5.74) is 6.94. The molecular weight excluding hydrogens is 394 g/mol. The summed E-state index contributed by atoms with van der Waals surface area (Å²) >= 11 is 0. The first-order valence-electron chi connectivity index (χ1n) is 11.4. The lowest BCUT2D eigenvalue weighted by atomic mass is 10.1. The maximum atomic E-state index is 4.96. The van der Waals surface area contributed by atoms with E-state index in [0.29, 0.717) is 0 Å². The Kier molecular flexibility index (Phi) is 5.63. The van der Waals surface area contributed by atoms with E-state index in [9.17, 15) is 0 Å². The van der Waals surface area contributed by atoms with Crippen molar-refractivity contribution in [3.63, 3.8) is 0 Å². The molecule has 1 fully saturated rings. The molecular formula is C27H29N5. The Balaban J connectivity index is 1.45. The van der Waals surface area contributed by atoms with Gasteiger partial charge >= 0.3 is 0 Å². The van der Waals surface area contributed by atoms with Gasteiger partial charge in [-0.2, -0.15) is 0 Å². The Morgan fingerprint density at radius 2 is 1.81 bits per heavy atom. The smallest absolute Gasteiger partial charge is 0.154 e. The lowest BCUT2D eigenvalue weighted by molar-refractivity contribution is 0.785. The summed E-state index contributed by atoms with van der Waals surface area (Å²) in [6.45, 7) is 7.10. The third-order valence-electron chi connectivity index (χ3n) is 6.24. The SMILES string of the molecule is C/C=C1\CCCN1c1ccc(-c2cnc3ccc(N(CC)Cc4ccccc4)nn23)cc1. The van der Waals surface area contributed by atoms with E-state index in [1.54, 1.807) is 0 Å². The molecule has 0 N–H and O–H groups in total. The molecule has 32 heavy (non-hydrogen) atoms. The van der Waals surface area contributed by atoms with Gasteiger partial charge in [0.05, 0.1) is 11.9 Å². The second kappa shape index (κ2) is 8.87. The van der Waals surface area contributed by atoms with Crippen LogP contribution < -0.4 is 9.80 Å². The number of nitrogens with zero attached hydrogens (tertiary/aromatic N) is 5. The lowest BCUT2D eigenvalue weighted by Gasteiger charge is -2.22. The van der Waals surface area contributed by atoms with E-state index < -0.39 is 0 Å². The van der Waals surface area contributed by atoms with Crippen LogP contribution in [0.2, 0.25) is 0 Å². The third kappa shape index (κ3) is 3.86. The quantitative estimate of drug-likeness (QED) is 0.385. The lowest BCUT2D eigenvalue weighted by Crippen LogP contribution is -2.23. The van der Waals surface area contributed by atoms with Crippen LogP contribution in [0.4, 0.5) is 11.5 Å². The number of aromatic nitrogens is 3. The molecule has 2 aromatic heterocycles. The van der Waals surface area contributed by atoms with Gasteiger partial charge in [-0.25, -0.2) is 9.50 Å². The fourth-order valence-electron chi connectivity index (χ4n) is 4.49. The predicted molar refractivity (Wildman–Crippen MR) is 132 cm³/mol. The second-order valence-electron chi connectivity index (χ2n) is 8.19. The van der Waals surface area contributed by atoms with E-state index in [4.69, 9.17) is 5.10 Å². The summed E-state index contributed by atoms with van der Waals surface area (Å²) in [5.74, 6) is 0.953. The molecule has 3 heterocycles. The van der Waals surface area contributed by atoms with E-state index in [-0.39, 0.29) is 0 Å². The Morgan fingerprint density at radius 3 is 2.56 bits per heavy atom. The summed E-state index contributed by atoms with van der Waals surface area (Å²) in [7, 11) is 0. The van der Waals surface area contributed by atoms with Crippen LogP contribution in [-0.4, -0.2) is 27.7 Å². The van der Waals surface area contributed by atoms with Crippen LogP contribution in [0.1, 0.15) is 32.3 Å². The highest BCUT2D eigenvalue weighted by Crippen LogP contribution is 2.30. The molecule has 1 aliphatic heterocycles. The molecule has 162 valence electrons. The van der Waals surface area contributed by atoms with Crippen LogP contribution in [0.15, 0.2) is 84.7 Å². The van der Waals surface area contributed by atoms with E-state index in [2.05, 4.69) is 101 Å². The molecule has 0 saturated carbocycles. The number of benzene rings is 2. The van der Waals surface area contributed by atoms with E-state index >= 15 is 0 Å². The molecule has 1 saturated heterocycles. The van der Waals surface area contributed by atoms with Crippen LogP contribution in [0.25, 0.3) is 16.9 Å². The number of imidazole rings is 1. The number of allylic oxidation sites excluding steroid dienone is 2. The zero-order valence-corrected chi connectivity index (χ0v) is 18.8. The summed E-state index contributed by atoms with van der Waals surface area (Å²) in [6.07, 6.45) is 6.53. The summed E-state index contributed by atoms with van der Waals surface area (Å²) in [4.78, 5) is 9.29. The normalized spacial score (nSPS) is 15.1. The Bertz CT molecular complexity index is 1220. The standard InChI is InChI=1S/C27H29N5/c1-3-23-11-8-18-31(23)24-14-12-22(13-15-24)25-19-28-26-16-17-27(29-32(25)26)30(4-2)20-21-9-6-5-7-10-21/h3,5-7,9-10,12-17,19H,4,8,11,18,20H2,1-2H3/b23-3+. The molecule has 1 aliphatic rings. The molecule has 0 unspecified atom stereocenters. The van der Waals surface area contributed by atoms with Gasteiger partial charge in [-0.15, -0.1) is 5.10 Å². The van der Waals surface area contributed by atoms with Crippen LogP contribution in [-0.2, 0) is 6.54 Å². The van der Waals surface area contributed by atoms with Crippen molar-refractivity contribution in [1.82, 2.24) is 14.6 Å². The zero-order chi connectivity index (χ0) is 21.9. The van der Waals surface area contributed by atoms with Crippen LogP contribution >= 0.6 is 0 Å². The van der Waals surface area contributed by atoms with Crippen molar-refractivity contribution < 1.29 is 0 Å². The first kappa shape index (κ1) is 20.3. The van der Waals surface area contributed by atoms with Gasteiger partial charge in [-0.1, -0.05) is 48.5 Å². The number of hydrogen-bond acceptors (Lipinski definition) is 4. The maximum absolute atomic E-state index is 4.96. The average Bonchev–Trinajstić information content (AvgIpc) is 3.50. The van der Waals surface area contributed by atoms with Gasteiger partial charge in [0.2, 0.25) is 0 Å². The molecule has 0 bridgehead atoms. The highest BCUT2D eigenvalue weighted by atomic mass is 15.3. The zero-order valence-electron chi connectivity index (χ0n) is 18.8. The average molecular weight is 424 g/mol. The van der Waals surface area contributed by atoms with Gasteiger partial charge in [0, 0.05) is 36.6 Å². The first-order valence-corrected chi connectivity index (χ1v) is 11.4. The Hall–Kier alpha value is -3.60. The fourth-order valence-corrected chi connectivity index (χ4v) is 4.49. The second-order valence-corrected chi connectivity index (χ2v) is 8.19. The number of fused-ring (bicyclic) bond motifs is 1. The van der Waals surface area contributed by atoms with Crippen molar-refractivity contribution >= 4 is 17.2 Å². The molecule has 5 nitrogen and oxygen atoms in total. The predicted octanol–water partition coefficient (Wildman–Crippen LogP) is 5.93. The topological polar surface area (TPSA) is 36.7 Å². The number of anilines is 2. The van der Waals surface area contributed by atoms with Crippen molar-refractivity contribution in [3.05, 3.63) is 90.3 Å². The minimum atomic E-state index is 0.831. The van der Waals surface area contributed by atoms with Crippen molar-refractivity contribution in [2.24, 2.45) is 0 Å². The molecule has 5 rings (SSSR count). The van der Waals surface area contributed by atoms with Gasteiger partial charge in [0.1, 0.15) is 5.82 Å². The minimum absolute atomic E-state index is 0.831. The van der Waals surface area contributed by atoms with Crippen LogP contribution in [0.3, 0.4) is 0 Å². The summed E-state index contributed by atoms with van der Waals surface area (Å²) in [6, 6.07) is 23.4. The van der Waals surface area contributed by atoms with Gasteiger partial charge in [0.25, 0.3) is 0 Å². The number of rotatable bonds is 6. The van der Waals surface area contributed by atoms with E-state index in [0.717, 1.165) is 48.8 Å². The highest BCUT2D eigenvalue weighted by molar-refractivity contribution is 5.67. The van der Waals surface area contributed by atoms with Crippen LogP contribution in [0, 0.1) is 0 Å². The number of hydrogen-bond donors (Lipinski definition) is 0. The molecule has 5 heteroatoms. The van der Waals surface area contributed by atoms with Gasteiger partial charge in [-0.3, -0.25) is 0 Å². The van der Waals surface area contributed by atoms with E-state index in [1.807, 2.05) is 10.7 Å². The molecule has 0 spiro atoms. The maximum Gasteiger partial charge on any atom is 0.154 e. The van der Waals surface area contributed by atoms with E-state index in [1.165, 1.54) is 23.4 Å².